The standard InChI is InChI=1S/C18H26N4O3.2ClH/c1-13-4-2-6-15(20-13)21-16(23)14-5-3-9-22(12-14)17(24)18(19)7-10-25-11-8-18;;/h2,4,6,14H,3,5,7-12,19H2,1H3,(H,20,21,23);2*1H. The number of aromatic nitrogens is 1. The van der Waals surface area contributed by atoms with Gasteiger partial charge in [-0.25, -0.2) is 4.98 Å². The summed E-state index contributed by atoms with van der Waals surface area (Å²) in [5, 5.41) is 2.86. The van der Waals surface area contributed by atoms with Crippen molar-refractivity contribution in [1.82, 2.24) is 9.88 Å². The van der Waals surface area contributed by atoms with E-state index in [9.17, 15) is 9.59 Å². The number of nitrogens with two attached hydrogens (primary N) is 1. The Morgan fingerprint density at radius 1 is 1.30 bits per heavy atom. The number of rotatable bonds is 3. The SMILES string of the molecule is Cc1cccc(NC(=O)C2CCCN(C(=O)C3(N)CCOCC3)C2)n1.Cl.Cl. The molecule has 1 unspecified atom stereocenters. The van der Waals surface area contributed by atoms with E-state index in [1.807, 2.05) is 19.1 Å². The molecule has 2 amide bonds. The Morgan fingerprint density at radius 3 is 2.67 bits per heavy atom. The quantitative estimate of drug-likeness (QED) is 0.780. The van der Waals surface area contributed by atoms with E-state index in [4.69, 9.17) is 10.5 Å². The molecule has 1 aromatic rings. The number of carbonyl (C=O) groups excluding carboxylic acids is 2. The van der Waals surface area contributed by atoms with Gasteiger partial charge in [0.2, 0.25) is 11.8 Å². The van der Waals surface area contributed by atoms with Crippen LogP contribution in [0.25, 0.3) is 0 Å². The van der Waals surface area contributed by atoms with Gasteiger partial charge in [-0.15, -0.1) is 24.8 Å². The van der Waals surface area contributed by atoms with Crippen molar-refractivity contribution >= 4 is 42.4 Å². The summed E-state index contributed by atoms with van der Waals surface area (Å²) in [7, 11) is 0. The molecule has 3 heterocycles. The monoisotopic (exact) mass is 418 g/mol. The van der Waals surface area contributed by atoms with Gasteiger partial charge >= 0.3 is 0 Å². The van der Waals surface area contributed by atoms with Gasteiger partial charge < -0.3 is 20.7 Å². The number of halogens is 2. The number of amides is 2. The molecule has 9 heteroatoms. The van der Waals surface area contributed by atoms with Crippen LogP contribution in [0.1, 0.15) is 31.4 Å². The number of piperidine rings is 1. The van der Waals surface area contributed by atoms with E-state index in [1.165, 1.54) is 0 Å². The van der Waals surface area contributed by atoms with Gasteiger partial charge in [-0.2, -0.15) is 0 Å². The molecule has 1 aromatic heterocycles. The number of aryl methyl sites for hydroxylation is 1. The van der Waals surface area contributed by atoms with Gasteiger partial charge in [0.15, 0.2) is 0 Å². The Hall–Kier alpha value is -1.41. The Kier molecular flexibility index (Phi) is 8.94. The largest absolute Gasteiger partial charge is 0.381 e. The number of ether oxygens (including phenoxy) is 1. The fourth-order valence-electron chi connectivity index (χ4n) is 3.48. The van der Waals surface area contributed by atoms with Crippen LogP contribution >= 0.6 is 24.8 Å². The second-order valence-corrected chi connectivity index (χ2v) is 7.01. The maximum absolute atomic E-state index is 12.8. The van der Waals surface area contributed by atoms with Crippen LogP contribution in [0.4, 0.5) is 5.82 Å². The lowest BCUT2D eigenvalue weighted by atomic mass is 9.87. The van der Waals surface area contributed by atoms with Crippen molar-refractivity contribution in [3.05, 3.63) is 23.9 Å². The number of hydrogen-bond acceptors (Lipinski definition) is 5. The van der Waals surface area contributed by atoms with E-state index < -0.39 is 5.54 Å². The van der Waals surface area contributed by atoms with Crippen molar-refractivity contribution in [1.29, 1.82) is 0 Å². The highest BCUT2D eigenvalue weighted by Crippen LogP contribution is 2.25. The van der Waals surface area contributed by atoms with Gasteiger partial charge in [0.1, 0.15) is 5.82 Å². The molecular weight excluding hydrogens is 391 g/mol. The maximum atomic E-state index is 12.8. The molecule has 0 spiro atoms. The third-order valence-corrected chi connectivity index (χ3v) is 5.03. The molecule has 2 saturated heterocycles. The molecule has 2 aliphatic rings. The average molecular weight is 419 g/mol. The maximum Gasteiger partial charge on any atom is 0.242 e. The minimum Gasteiger partial charge on any atom is -0.381 e. The normalized spacial score (nSPS) is 21.4. The minimum atomic E-state index is -0.852. The zero-order valence-electron chi connectivity index (χ0n) is 15.5. The number of hydrogen-bond donors (Lipinski definition) is 2. The molecule has 0 saturated carbocycles. The van der Waals surface area contributed by atoms with Crippen LogP contribution < -0.4 is 11.1 Å². The fraction of sp³-hybridized carbons (Fsp3) is 0.611. The number of pyridine rings is 1. The summed E-state index contributed by atoms with van der Waals surface area (Å²) in [5.41, 5.74) is 6.31. The Labute approximate surface area is 172 Å². The summed E-state index contributed by atoms with van der Waals surface area (Å²) in [5.74, 6) is 0.173. The molecule has 2 fully saturated rings. The first-order valence-electron chi connectivity index (χ1n) is 8.88. The van der Waals surface area contributed by atoms with E-state index in [0.29, 0.717) is 45.0 Å². The van der Waals surface area contributed by atoms with Crippen LogP contribution in [0.3, 0.4) is 0 Å². The van der Waals surface area contributed by atoms with E-state index in [0.717, 1.165) is 18.5 Å². The molecule has 27 heavy (non-hydrogen) atoms. The molecular formula is C18H28Cl2N4O3. The van der Waals surface area contributed by atoms with Crippen LogP contribution in [0.2, 0.25) is 0 Å². The summed E-state index contributed by atoms with van der Waals surface area (Å²) in [6.07, 6.45) is 2.64. The summed E-state index contributed by atoms with van der Waals surface area (Å²) in [4.78, 5) is 31.5. The van der Waals surface area contributed by atoms with Gasteiger partial charge in [0.25, 0.3) is 0 Å². The van der Waals surface area contributed by atoms with E-state index in [-0.39, 0.29) is 42.5 Å². The number of anilines is 1. The molecule has 2 aliphatic heterocycles. The van der Waals surface area contributed by atoms with Gasteiger partial charge in [-0.05, 0) is 44.7 Å². The lowest BCUT2D eigenvalue weighted by molar-refractivity contribution is -0.143. The second-order valence-electron chi connectivity index (χ2n) is 7.01. The van der Waals surface area contributed by atoms with Crippen molar-refractivity contribution in [2.24, 2.45) is 11.7 Å². The topological polar surface area (TPSA) is 97.6 Å². The Balaban J connectivity index is 0.00000182. The van der Waals surface area contributed by atoms with Crippen LogP contribution in [-0.2, 0) is 14.3 Å². The van der Waals surface area contributed by atoms with Crippen molar-refractivity contribution in [3.8, 4) is 0 Å². The van der Waals surface area contributed by atoms with Crippen LogP contribution in [-0.4, -0.2) is 53.5 Å². The Bertz CT molecular complexity index is 653. The van der Waals surface area contributed by atoms with Crippen LogP contribution in [0, 0.1) is 12.8 Å². The van der Waals surface area contributed by atoms with Gasteiger partial charge in [0, 0.05) is 32.0 Å². The summed E-state index contributed by atoms with van der Waals surface area (Å²) in [6.45, 7) is 3.98. The van der Waals surface area contributed by atoms with Crippen molar-refractivity contribution in [2.45, 2.75) is 38.1 Å². The fourth-order valence-corrected chi connectivity index (χ4v) is 3.48. The molecule has 0 bridgehead atoms. The number of likely N-dealkylation sites (tertiary alicyclic amines) is 1. The lowest BCUT2D eigenvalue weighted by Gasteiger charge is -2.40. The highest BCUT2D eigenvalue weighted by Gasteiger charge is 2.41. The molecule has 3 rings (SSSR count). The molecule has 0 aromatic carbocycles. The van der Waals surface area contributed by atoms with E-state index in [1.54, 1.807) is 11.0 Å². The van der Waals surface area contributed by atoms with Gasteiger partial charge in [-0.3, -0.25) is 9.59 Å². The first-order chi connectivity index (χ1) is 12.0. The highest BCUT2D eigenvalue weighted by molar-refractivity contribution is 5.93. The molecule has 0 aliphatic carbocycles. The van der Waals surface area contributed by atoms with Crippen molar-refractivity contribution in [3.63, 3.8) is 0 Å². The third-order valence-electron chi connectivity index (χ3n) is 5.03. The predicted octanol–water partition coefficient (Wildman–Crippen LogP) is 1.92. The third kappa shape index (κ3) is 5.78. The first kappa shape index (κ1) is 23.6. The van der Waals surface area contributed by atoms with Crippen LogP contribution in [0.5, 0.6) is 0 Å². The van der Waals surface area contributed by atoms with E-state index in [2.05, 4.69) is 10.3 Å². The summed E-state index contributed by atoms with van der Waals surface area (Å²) >= 11 is 0. The smallest absolute Gasteiger partial charge is 0.242 e. The van der Waals surface area contributed by atoms with Crippen LogP contribution in [0.15, 0.2) is 18.2 Å². The van der Waals surface area contributed by atoms with Crippen molar-refractivity contribution in [2.75, 3.05) is 31.6 Å². The second kappa shape index (κ2) is 10.2. The molecule has 1 atom stereocenters. The Morgan fingerprint density at radius 2 is 2.00 bits per heavy atom. The number of carbonyl (C=O) groups is 2. The summed E-state index contributed by atoms with van der Waals surface area (Å²) in [6, 6.07) is 5.51. The highest BCUT2D eigenvalue weighted by atomic mass is 35.5. The molecule has 3 N–H and O–H groups in total. The zero-order valence-corrected chi connectivity index (χ0v) is 17.1. The first-order valence-corrected chi connectivity index (χ1v) is 8.88. The van der Waals surface area contributed by atoms with E-state index >= 15 is 0 Å². The van der Waals surface area contributed by atoms with Gasteiger partial charge in [-0.1, -0.05) is 6.07 Å². The minimum absolute atomic E-state index is 0. The molecule has 7 nitrogen and oxygen atoms in total. The summed E-state index contributed by atoms with van der Waals surface area (Å²) < 4.78 is 5.32. The zero-order chi connectivity index (χ0) is 17.9. The molecule has 152 valence electrons. The average Bonchev–Trinajstić information content (AvgIpc) is 2.62. The predicted molar refractivity (Wildman–Crippen MR) is 108 cm³/mol. The van der Waals surface area contributed by atoms with Crippen molar-refractivity contribution < 1.29 is 14.3 Å². The lowest BCUT2D eigenvalue weighted by Crippen LogP contribution is -2.60. The molecule has 0 radical (unpaired) electrons. The van der Waals surface area contributed by atoms with Gasteiger partial charge in [0.05, 0.1) is 11.5 Å². The number of nitrogens with one attached hydrogen (secondary N) is 1. The number of nitrogens with zero attached hydrogens (tertiary/aromatic N) is 2.